The standard InChI is InChI=1S/C23H27ClN2O3/c1-29-21-7-3-2-6-20(21)25-23(28)18-13-15-26(16-14-18)22(27)8-4-5-17-9-11-19(24)12-10-17/h2-3,6-7,9-12,18H,4-5,8,13-16H2,1H3,(H,25,28). The first kappa shape index (κ1) is 21.2. The molecule has 5 nitrogen and oxygen atoms in total. The molecule has 2 aromatic rings. The highest BCUT2D eigenvalue weighted by atomic mass is 35.5. The van der Waals surface area contributed by atoms with Gasteiger partial charge in [0.1, 0.15) is 5.75 Å². The zero-order valence-corrected chi connectivity index (χ0v) is 17.5. The van der Waals surface area contributed by atoms with Crippen LogP contribution in [0.3, 0.4) is 0 Å². The lowest BCUT2D eigenvalue weighted by molar-refractivity contribution is -0.134. The monoisotopic (exact) mass is 414 g/mol. The maximum atomic E-state index is 12.6. The molecule has 0 aliphatic carbocycles. The van der Waals surface area contributed by atoms with Crippen LogP contribution >= 0.6 is 11.6 Å². The average molecular weight is 415 g/mol. The van der Waals surface area contributed by atoms with E-state index in [0.717, 1.165) is 17.9 Å². The van der Waals surface area contributed by atoms with Gasteiger partial charge in [-0.2, -0.15) is 0 Å². The molecule has 6 heteroatoms. The van der Waals surface area contributed by atoms with Crippen LogP contribution in [0.4, 0.5) is 5.69 Å². The molecular weight excluding hydrogens is 388 g/mol. The normalized spacial score (nSPS) is 14.5. The van der Waals surface area contributed by atoms with Gasteiger partial charge in [-0.1, -0.05) is 35.9 Å². The number of halogens is 1. The molecule has 1 N–H and O–H groups in total. The number of amides is 2. The third-order valence-electron chi connectivity index (χ3n) is 5.35. The number of methoxy groups -OCH3 is 1. The molecule has 0 bridgehead atoms. The lowest BCUT2D eigenvalue weighted by Crippen LogP contribution is -2.41. The Balaban J connectivity index is 1.41. The number of carbonyl (C=O) groups is 2. The molecule has 0 unspecified atom stereocenters. The smallest absolute Gasteiger partial charge is 0.227 e. The molecule has 0 radical (unpaired) electrons. The number of anilines is 1. The lowest BCUT2D eigenvalue weighted by atomic mass is 9.95. The second-order valence-electron chi connectivity index (χ2n) is 7.32. The largest absolute Gasteiger partial charge is 0.495 e. The molecule has 2 aromatic carbocycles. The first-order chi connectivity index (χ1) is 14.1. The highest BCUT2D eigenvalue weighted by Gasteiger charge is 2.27. The molecule has 0 saturated carbocycles. The summed E-state index contributed by atoms with van der Waals surface area (Å²) in [4.78, 5) is 27.0. The summed E-state index contributed by atoms with van der Waals surface area (Å²) in [6.45, 7) is 1.26. The summed E-state index contributed by atoms with van der Waals surface area (Å²) in [5, 5.41) is 3.68. The topological polar surface area (TPSA) is 58.6 Å². The molecule has 1 heterocycles. The summed E-state index contributed by atoms with van der Waals surface area (Å²) in [7, 11) is 1.59. The minimum absolute atomic E-state index is 0.00987. The Morgan fingerprint density at radius 2 is 1.79 bits per heavy atom. The van der Waals surface area contributed by atoms with Crippen molar-refractivity contribution in [2.75, 3.05) is 25.5 Å². The maximum absolute atomic E-state index is 12.6. The van der Waals surface area contributed by atoms with Crippen LogP contribution in [0.25, 0.3) is 0 Å². The molecule has 2 amide bonds. The van der Waals surface area contributed by atoms with Gasteiger partial charge >= 0.3 is 0 Å². The van der Waals surface area contributed by atoms with Gasteiger partial charge in [-0.3, -0.25) is 9.59 Å². The van der Waals surface area contributed by atoms with Crippen LogP contribution < -0.4 is 10.1 Å². The second kappa shape index (κ2) is 10.3. The van der Waals surface area contributed by atoms with Gasteiger partial charge in [0.25, 0.3) is 0 Å². The van der Waals surface area contributed by atoms with Gasteiger partial charge in [-0.25, -0.2) is 0 Å². The van der Waals surface area contributed by atoms with Crippen molar-refractivity contribution >= 4 is 29.1 Å². The molecule has 1 fully saturated rings. The molecule has 0 aromatic heterocycles. The zero-order chi connectivity index (χ0) is 20.6. The van der Waals surface area contributed by atoms with Gasteiger partial charge in [0.15, 0.2) is 0 Å². The number of nitrogens with zero attached hydrogens (tertiary/aromatic N) is 1. The van der Waals surface area contributed by atoms with E-state index >= 15 is 0 Å². The Bertz CT molecular complexity index is 830. The van der Waals surface area contributed by atoms with Gasteiger partial charge in [0, 0.05) is 30.5 Å². The Hall–Kier alpha value is -2.53. The Labute approximate surface area is 177 Å². The predicted molar refractivity (Wildman–Crippen MR) is 115 cm³/mol. The Morgan fingerprint density at radius 3 is 2.48 bits per heavy atom. The summed E-state index contributed by atoms with van der Waals surface area (Å²) in [5.74, 6) is 0.721. The molecular formula is C23H27ClN2O3. The number of carbonyl (C=O) groups excluding carboxylic acids is 2. The molecule has 1 saturated heterocycles. The molecule has 3 rings (SSSR count). The van der Waals surface area contributed by atoms with Crippen LogP contribution in [0.2, 0.25) is 5.02 Å². The van der Waals surface area contributed by atoms with E-state index < -0.39 is 0 Å². The van der Waals surface area contributed by atoms with Gasteiger partial charge in [-0.05, 0) is 55.5 Å². The number of likely N-dealkylation sites (tertiary alicyclic amines) is 1. The first-order valence-electron chi connectivity index (χ1n) is 10.0. The fourth-order valence-corrected chi connectivity index (χ4v) is 3.75. The fourth-order valence-electron chi connectivity index (χ4n) is 3.63. The van der Waals surface area contributed by atoms with E-state index in [0.29, 0.717) is 43.8 Å². The van der Waals surface area contributed by atoms with Crippen molar-refractivity contribution in [1.82, 2.24) is 4.90 Å². The molecule has 1 aliphatic rings. The number of benzene rings is 2. The van der Waals surface area contributed by atoms with Gasteiger partial charge in [-0.15, -0.1) is 0 Å². The van der Waals surface area contributed by atoms with Gasteiger partial charge < -0.3 is 15.0 Å². The van der Waals surface area contributed by atoms with E-state index in [4.69, 9.17) is 16.3 Å². The highest BCUT2D eigenvalue weighted by molar-refractivity contribution is 6.30. The highest BCUT2D eigenvalue weighted by Crippen LogP contribution is 2.26. The summed E-state index contributed by atoms with van der Waals surface area (Å²) >= 11 is 5.90. The molecule has 1 aliphatic heterocycles. The van der Waals surface area contributed by atoms with Crippen LogP contribution in [0.1, 0.15) is 31.2 Å². The number of nitrogens with one attached hydrogen (secondary N) is 1. The van der Waals surface area contributed by atoms with Crippen LogP contribution in [0.15, 0.2) is 48.5 Å². The van der Waals surface area contributed by atoms with Crippen molar-refractivity contribution in [1.29, 1.82) is 0 Å². The van der Waals surface area contributed by atoms with Crippen molar-refractivity contribution in [3.05, 3.63) is 59.1 Å². The van der Waals surface area contributed by atoms with Crippen LogP contribution in [-0.4, -0.2) is 36.9 Å². The van der Waals surface area contributed by atoms with E-state index in [1.807, 2.05) is 53.4 Å². The summed E-state index contributed by atoms with van der Waals surface area (Å²) in [6.07, 6.45) is 3.57. The molecule has 0 atom stereocenters. The summed E-state index contributed by atoms with van der Waals surface area (Å²) in [5.41, 5.74) is 1.87. The average Bonchev–Trinajstić information content (AvgIpc) is 2.75. The van der Waals surface area contributed by atoms with E-state index in [1.54, 1.807) is 7.11 Å². The van der Waals surface area contributed by atoms with Crippen LogP contribution in [-0.2, 0) is 16.0 Å². The molecule has 29 heavy (non-hydrogen) atoms. The third kappa shape index (κ3) is 5.97. The quantitative estimate of drug-likeness (QED) is 0.723. The van der Waals surface area contributed by atoms with E-state index in [-0.39, 0.29) is 17.7 Å². The van der Waals surface area contributed by atoms with Crippen molar-refractivity contribution in [2.45, 2.75) is 32.1 Å². The van der Waals surface area contributed by atoms with Crippen molar-refractivity contribution < 1.29 is 14.3 Å². The van der Waals surface area contributed by atoms with Gasteiger partial charge in [0.05, 0.1) is 12.8 Å². The fraction of sp³-hybridized carbons (Fsp3) is 0.391. The Morgan fingerprint density at radius 1 is 1.10 bits per heavy atom. The lowest BCUT2D eigenvalue weighted by Gasteiger charge is -2.31. The number of piperidine rings is 1. The number of rotatable bonds is 7. The SMILES string of the molecule is COc1ccccc1NC(=O)C1CCN(C(=O)CCCc2ccc(Cl)cc2)CC1. The summed E-state index contributed by atoms with van der Waals surface area (Å²) < 4.78 is 5.28. The third-order valence-corrected chi connectivity index (χ3v) is 5.60. The summed E-state index contributed by atoms with van der Waals surface area (Å²) in [6, 6.07) is 15.1. The maximum Gasteiger partial charge on any atom is 0.227 e. The minimum Gasteiger partial charge on any atom is -0.495 e. The van der Waals surface area contributed by atoms with E-state index in [2.05, 4.69) is 5.32 Å². The van der Waals surface area contributed by atoms with Crippen LogP contribution in [0, 0.1) is 5.92 Å². The number of aryl methyl sites for hydroxylation is 1. The minimum atomic E-state index is -0.0852. The number of para-hydroxylation sites is 2. The molecule has 0 spiro atoms. The van der Waals surface area contributed by atoms with E-state index in [9.17, 15) is 9.59 Å². The second-order valence-corrected chi connectivity index (χ2v) is 7.76. The number of ether oxygens (including phenoxy) is 1. The number of hydrogen-bond donors (Lipinski definition) is 1. The predicted octanol–water partition coefficient (Wildman–Crippen LogP) is 4.55. The van der Waals surface area contributed by atoms with Crippen molar-refractivity contribution in [2.24, 2.45) is 5.92 Å². The van der Waals surface area contributed by atoms with E-state index in [1.165, 1.54) is 5.56 Å². The van der Waals surface area contributed by atoms with Crippen molar-refractivity contribution in [3.63, 3.8) is 0 Å². The Kier molecular flexibility index (Phi) is 7.53. The zero-order valence-electron chi connectivity index (χ0n) is 16.7. The van der Waals surface area contributed by atoms with Gasteiger partial charge in [0.2, 0.25) is 11.8 Å². The van der Waals surface area contributed by atoms with Crippen molar-refractivity contribution in [3.8, 4) is 5.75 Å². The molecule has 154 valence electrons. The first-order valence-corrected chi connectivity index (χ1v) is 10.4. The van der Waals surface area contributed by atoms with Crippen LogP contribution in [0.5, 0.6) is 5.75 Å². The number of hydrogen-bond acceptors (Lipinski definition) is 3.